The van der Waals surface area contributed by atoms with Crippen LogP contribution < -0.4 is 9.64 Å². The fourth-order valence-corrected chi connectivity index (χ4v) is 4.05. The molecule has 0 radical (unpaired) electrons. The number of methoxy groups -OCH3 is 1. The fraction of sp³-hybridized carbons (Fsp3) is 0.167. The molecule has 0 fully saturated rings. The smallest absolute Gasteiger partial charge is 0.258 e. The Kier molecular flexibility index (Phi) is 4.83. The maximum atomic E-state index is 13.0. The standard InChI is InChI=1S/C18H16ClNO4S/c1-24-17-8-6-15(7-9-17)20(16-10-11-25(22,23)12-16)18(21)13-2-4-14(19)5-3-13/h2-11,16H,12H2,1H3. The summed E-state index contributed by atoms with van der Waals surface area (Å²) in [7, 11) is -1.75. The molecule has 1 aliphatic rings. The average molecular weight is 378 g/mol. The molecule has 0 aromatic heterocycles. The molecule has 0 saturated carbocycles. The summed E-state index contributed by atoms with van der Waals surface area (Å²) < 4.78 is 28.8. The largest absolute Gasteiger partial charge is 0.497 e. The maximum Gasteiger partial charge on any atom is 0.258 e. The minimum absolute atomic E-state index is 0.141. The van der Waals surface area contributed by atoms with Crippen LogP contribution >= 0.6 is 11.6 Å². The van der Waals surface area contributed by atoms with E-state index in [0.29, 0.717) is 22.0 Å². The molecule has 2 aromatic carbocycles. The monoisotopic (exact) mass is 377 g/mol. The van der Waals surface area contributed by atoms with E-state index in [-0.39, 0.29) is 11.7 Å². The lowest BCUT2D eigenvalue weighted by molar-refractivity contribution is 0.0983. The molecular formula is C18H16ClNO4S. The van der Waals surface area contributed by atoms with Crippen molar-refractivity contribution in [2.45, 2.75) is 6.04 Å². The van der Waals surface area contributed by atoms with Crippen molar-refractivity contribution in [2.75, 3.05) is 17.8 Å². The first-order valence-electron chi connectivity index (χ1n) is 7.54. The summed E-state index contributed by atoms with van der Waals surface area (Å²) in [6, 6.07) is 12.8. The summed E-state index contributed by atoms with van der Waals surface area (Å²) in [4.78, 5) is 14.5. The third kappa shape index (κ3) is 3.86. The zero-order chi connectivity index (χ0) is 18.0. The molecular weight excluding hydrogens is 362 g/mol. The van der Waals surface area contributed by atoms with Crippen molar-refractivity contribution in [1.82, 2.24) is 0 Å². The van der Waals surface area contributed by atoms with Crippen molar-refractivity contribution in [3.8, 4) is 5.75 Å². The topological polar surface area (TPSA) is 63.7 Å². The molecule has 25 heavy (non-hydrogen) atoms. The number of sulfone groups is 1. The van der Waals surface area contributed by atoms with Crippen LogP contribution in [0.4, 0.5) is 5.69 Å². The van der Waals surface area contributed by atoms with Gasteiger partial charge < -0.3 is 9.64 Å². The summed E-state index contributed by atoms with van der Waals surface area (Å²) in [5, 5.41) is 1.68. The van der Waals surface area contributed by atoms with Gasteiger partial charge >= 0.3 is 0 Å². The van der Waals surface area contributed by atoms with Gasteiger partial charge in [0.25, 0.3) is 5.91 Å². The molecule has 0 spiro atoms. The van der Waals surface area contributed by atoms with Crippen LogP contribution in [0.1, 0.15) is 10.4 Å². The molecule has 7 heteroatoms. The van der Waals surface area contributed by atoms with Crippen LogP contribution in [0.3, 0.4) is 0 Å². The van der Waals surface area contributed by atoms with E-state index < -0.39 is 15.9 Å². The average Bonchev–Trinajstić information content (AvgIpc) is 2.96. The van der Waals surface area contributed by atoms with Gasteiger partial charge in [0.05, 0.1) is 18.9 Å². The first-order chi connectivity index (χ1) is 11.9. The van der Waals surface area contributed by atoms with Crippen molar-refractivity contribution in [2.24, 2.45) is 0 Å². The van der Waals surface area contributed by atoms with Gasteiger partial charge in [0.15, 0.2) is 9.84 Å². The number of benzene rings is 2. The molecule has 0 aliphatic carbocycles. The summed E-state index contributed by atoms with van der Waals surface area (Å²) in [5.74, 6) is 0.212. The highest BCUT2D eigenvalue weighted by Gasteiger charge is 2.32. The lowest BCUT2D eigenvalue weighted by Gasteiger charge is -2.28. The van der Waals surface area contributed by atoms with E-state index in [1.165, 1.54) is 11.0 Å². The van der Waals surface area contributed by atoms with Gasteiger partial charge in [-0.15, -0.1) is 0 Å². The van der Waals surface area contributed by atoms with E-state index in [0.717, 1.165) is 5.41 Å². The molecule has 2 aromatic rings. The summed E-state index contributed by atoms with van der Waals surface area (Å²) >= 11 is 5.88. The van der Waals surface area contributed by atoms with Crippen molar-refractivity contribution in [3.63, 3.8) is 0 Å². The van der Waals surface area contributed by atoms with E-state index in [1.54, 1.807) is 55.6 Å². The van der Waals surface area contributed by atoms with Crippen LogP contribution in [-0.4, -0.2) is 33.2 Å². The number of ether oxygens (including phenoxy) is 1. The number of nitrogens with zero attached hydrogens (tertiary/aromatic N) is 1. The van der Waals surface area contributed by atoms with E-state index in [4.69, 9.17) is 16.3 Å². The van der Waals surface area contributed by atoms with Crippen LogP contribution in [0.25, 0.3) is 0 Å². The van der Waals surface area contributed by atoms with Crippen molar-refractivity contribution in [1.29, 1.82) is 0 Å². The summed E-state index contributed by atoms with van der Waals surface area (Å²) in [5.41, 5.74) is 1.02. The molecule has 0 saturated heterocycles. The molecule has 1 aliphatic heterocycles. The fourth-order valence-electron chi connectivity index (χ4n) is 2.65. The second kappa shape index (κ2) is 6.90. The van der Waals surface area contributed by atoms with E-state index in [1.807, 2.05) is 0 Å². The molecule has 1 unspecified atom stereocenters. The van der Waals surface area contributed by atoms with Gasteiger partial charge in [-0.1, -0.05) is 11.6 Å². The minimum atomic E-state index is -3.30. The first kappa shape index (κ1) is 17.5. The Hall–Kier alpha value is -2.31. The number of carbonyl (C=O) groups is 1. The third-order valence-corrected chi connectivity index (χ3v) is 5.53. The highest BCUT2D eigenvalue weighted by molar-refractivity contribution is 7.94. The Morgan fingerprint density at radius 3 is 2.28 bits per heavy atom. The second-order valence-electron chi connectivity index (χ2n) is 5.61. The maximum absolute atomic E-state index is 13.0. The van der Waals surface area contributed by atoms with E-state index in [2.05, 4.69) is 0 Å². The lowest BCUT2D eigenvalue weighted by atomic mass is 10.1. The third-order valence-electron chi connectivity index (χ3n) is 3.90. The number of amides is 1. The Balaban J connectivity index is 2.00. The molecule has 0 bridgehead atoms. The Morgan fingerprint density at radius 1 is 1.12 bits per heavy atom. The second-order valence-corrected chi connectivity index (χ2v) is 7.97. The first-order valence-corrected chi connectivity index (χ1v) is 9.63. The molecule has 5 nitrogen and oxygen atoms in total. The van der Waals surface area contributed by atoms with Gasteiger partial charge in [0, 0.05) is 21.7 Å². The van der Waals surface area contributed by atoms with E-state index in [9.17, 15) is 13.2 Å². The minimum Gasteiger partial charge on any atom is -0.497 e. The molecule has 0 N–H and O–H groups in total. The van der Waals surface area contributed by atoms with Gasteiger partial charge in [-0.2, -0.15) is 0 Å². The molecule has 3 rings (SSSR count). The summed E-state index contributed by atoms with van der Waals surface area (Å²) in [6.45, 7) is 0. The SMILES string of the molecule is COc1ccc(N(C(=O)c2ccc(Cl)cc2)C2C=CS(=O)(=O)C2)cc1. The Bertz CT molecular complexity index is 905. The lowest BCUT2D eigenvalue weighted by Crippen LogP contribution is -2.41. The predicted octanol–water partition coefficient (Wildman–Crippen LogP) is 3.31. The summed E-state index contributed by atoms with van der Waals surface area (Å²) in [6.07, 6.45) is 1.54. The van der Waals surface area contributed by atoms with Gasteiger partial charge in [0.2, 0.25) is 0 Å². The van der Waals surface area contributed by atoms with Crippen molar-refractivity contribution < 1.29 is 17.9 Å². The van der Waals surface area contributed by atoms with Crippen molar-refractivity contribution in [3.05, 3.63) is 70.6 Å². The number of rotatable bonds is 4. The number of hydrogen-bond donors (Lipinski definition) is 0. The van der Waals surface area contributed by atoms with E-state index >= 15 is 0 Å². The highest BCUT2D eigenvalue weighted by atomic mass is 35.5. The Morgan fingerprint density at radius 2 is 1.76 bits per heavy atom. The van der Waals surface area contributed by atoms with Crippen molar-refractivity contribution >= 4 is 33.0 Å². The molecule has 1 atom stereocenters. The van der Waals surface area contributed by atoms with Crippen LogP contribution in [0, 0.1) is 0 Å². The number of halogens is 1. The molecule has 1 heterocycles. The Labute approximate surface area is 151 Å². The number of hydrogen-bond acceptors (Lipinski definition) is 4. The van der Waals surface area contributed by atoms with Gasteiger partial charge in [0.1, 0.15) is 5.75 Å². The van der Waals surface area contributed by atoms with Gasteiger partial charge in [-0.05, 0) is 54.6 Å². The predicted molar refractivity (Wildman–Crippen MR) is 98.0 cm³/mol. The van der Waals surface area contributed by atoms with Gasteiger partial charge in [-0.25, -0.2) is 8.42 Å². The van der Waals surface area contributed by atoms with Crippen LogP contribution in [-0.2, 0) is 9.84 Å². The van der Waals surface area contributed by atoms with Crippen LogP contribution in [0.2, 0.25) is 5.02 Å². The van der Waals surface area contributed by atoms with Gasteiger partial charge in [-0.3, -0.25) is 4.79 Å². The van der Waals surface area contributed by atoms with Crippen LogP contribution in [0.15, 0.2) is 60.0 Å². The van der Waals surface area contributed by atoms with Crippen LogP contribution in [0.5, 0.6) is 5.75 Å². The molecule has 130 valence electrons. The molecule has 1 amide bonds. The highest BCUT2D eigenvalue weighted by Crippen LogP contribution is 2.27. The quantitative estimate of drug-likeness (QED) is 0.820. The number of carbonyl (C=O) groups excluding carboxylic acids is 1. The normalized spacial score (nSPS) is 18.1. The number of anilines is 1. The zero-order valence-corrected chi connectivity index (χ0v) is 15.0. The zero-order valence-electron chi connectivity index (χ0n) is 13.4.